The first-order valence-corrected chi connectivity index (χ1v) is 8.77. The van der Waals surface area contributed by atoms with Gasteiger partial charge in [-0.3, -0.25) is 19.5 Å². The lowest BCUT2D eigenvalue weighted by atomic mass is 10.2. The van der Waals surface area contributed by atoms with E-state index in [-0.39, 0.29) is 17.1 Å². The predicted octanol–water partition coefficient (Wildman–Crippen LogP) is 3.35. The minimum absolute atomic E-state index is 0.0628. The molecule has 10 heteroatoms. The van der Waals surface area contributed by atoms with Crippen LogP contribution in [-0.4, -0.2) is 31.3 Å². The minimum Gasteiger partial charge on any atom is -0.323 e. The zero-order chi connectivity index (χ0) is 19.4. The zero-order valence-corrected chi connectivity index (χ0v) is 14.9. The number of hydrogen-bond acceptors (Lipinski definition) is 6. The summed E-state index contributed by atoms with van der Waals surface area (Å²) in [4.78, 5) is 22.3. The van der Waals surface area contributed by atoms with Crippen LogP contribution in [0.15, 0.2) is 53.9 Å². The maximum atomic E-state index is 13.8. The van der Waals surface area contributed by atoms with E-state index >= 15 is 0 Å². The average Bonchev–Trinajstić information content (AvgIpc) is 3.10. The highest BCUT2D eigenvalue weighted by Crippen LogP contribution is 2.24. The van der Waals surface area contributed by atoms with Gasteiger partial charge in [-0.1, -0.05) is 30.0 Å². The van der Waals surface area contributed by atoms with Crippen molar-refractivity contribution in [2.75, 3.05) is 11.1 Å². The number of anilines is 1. The van der Waals surface area contributed by atoms with Crippen LogP contribution in [0.1, 0.15) is 5.56 Å². The number of carbonyl (C=O) groups is 1. The third-order valence-corrected chi connectivity index (χ3v) is 4.60. The fourth-order valence-corrected chi connectivity index (χ4v) is 3.08. The lowest BCUT2D eigenvalue weighted by Gasteiger charge is -2.09. The predicted molar refractivity (Wildman–Crippen MR) is 98.5 cm³/mol. The van der Waals surface area contributed by atoms with Crippen molar-refractivity contribution in [3.05, 3.63) is 70.3 Å². The highest BCUT2D eigenvalue weighted by Gasteiger charge is 2.15. The van der Waals surface area contributed by atoms with E-state index in [9.17, 15) is 19.3 Å². The van der Waals surface area contributed by atoms with E-state index in [1.54, 1.807) is 10.9 Å². The van der Waals surface area contributed by atoms with E-state index < -0.39 is 16.6 Å². The highest BCUT2D eigenvalue weighted by atomic mass is 32.2. The highest BCUT2D eigenvalue weighted by molar-refractivity contribution is 7.99. The molecular weight excluding hydrogens is 373 g/mol. The molecule has 0 aliphatic rings. The number of amides is 1. The summed E-state index contributed by atoms with van der Waals surface area (Å²) >= 11 is 1.12. The zero-order valence-electron chi connectivity index (χ0n) is 14.1. The smallest absolute Gasteiger partial charge is 0.271 e. The Hall–Kier alpha value is -3.27. The van der Waals surface area contributed by atoms with Gasteiger partial charge in [-0.05, 0) is 24.6 Å². The summed E-state index contributed by atoms with van der Waals surface area (Å²) in [7, 11) is 0. The van der Waals surface area contributed by atoms with E-state index in [0.717, 1.165) is 41.2 Å². The molecule has 0 aliphatic heterocycles. The second-order valence-electron chi connectivity index (χ2n) is 5.53. The maximum Gasteiger partial charge on any atom is 0.271 e. The van der Waals surface area contributed by atoms with Gasteiger partial charge in [-0.15, -0.1) is 10.2 Å². The summed E-state index contributed by atoms with van der Waals surface area (Å²) in [5, 5.41) is 21.5. The minimum atomic E-state index is -0.748. The van der Waals surface area contributed by atoms with E-state index in [0.29, 0.717) is 5.16 Å². The number of nitro groups is 1. The molecule has 0 unspecified atom stereocenters. The number of aromatic nitrogens is 3. The van der Waals surface area contributed by atoms with Gasteiger partial charge in [0.2, 0.25) is 5.91 Å². The van der Waals surface area contributed by atoms with Gasteiger partial charge in [0.1, 0.15) is 12.1 Å². The van der Waals surface area contributed by atoms with Gasteiger partial charge < -0.3 is 5.32 Å². The Kier molecular flexibility index (Phi) is 5.46. The maximum absolute atomic E-state index is 13.8. The number of hydrogen-bond donors (Lipinski definition) is 1. The summed E-state index contributed by atoms with van der Waals surface area (Å²) in [6.45, 7) is 1.95. The molecule has 1 amide bonds. The molecule has 8 nitrogen and oxygen atoms in total. The van der Waals surface area contributed by atoms with Crippen molar-refractivity contribution >= 4 is 29.0 Å². The van der Waals surface area contributed by atoms with Crippen molar-refractivity contribution in [2.45, 2.75) is 12.1 Å². The largest absolute Gasteiger partial charge is 0.323 e. The number of non-ortho nitro benzene ring substituents is 1. The fourth-order valence-electron chi connectivity index (χ4n) is 2.36. The van der Waals surface area contributed by atoms with E-state index in [4.69, 9.17) is 0 Å². The number of carbonyl (C=O) groups excluding carboxylic acids is 1. The summed E-state index contributed by atoms with van der Waals surface area (Å²) in [5.74, 6) is -1.33. The molecule has 0 saturated carbocycles. The summed E-state index contributed by atoms with van der Waals surface area (Å²) in [6, 6.07) is 10.6. The second kappa shape index (κ2) is 7.96. The van der Waals surface area contributed by atoms with Gasteiger partial charge in [0, 0.05) is 12.1 Å². The molecule has 0 aliphatic carbocycles. The molecule has 1 heterocycles. The van der Waals surface area contributed by atoms with Crippen LogP contribution in [0, 0.1) is 22.9 Å². The number of benzene rings is 2. The first kappa shape index (κ1) is 18.5. The Balaban J connectivity index is 1.69. The first-order valence-electron chi connectivity index (χ1n) is 7.78. The van der Waals surface area contributed by atoms with E-state index in [1.165, 1.54) is 0 Å². The molecule has 2 aromatic carbocycles. The fraction of sp³-hybridized carbons (Fsp3) is 0.118. The Morgan fingerprint density at radius 2 is 2.11 bits per heavy atom. The third kappa shape index (κ3) is 4.29. The number of thioether (sulfide) groups is 1. The number of para-hydroxylation sites is 1. The Bertz CT molecular complexity index is 1010. The summed E-state index contributed by atoms with van der Waals surface area (Å²) in [5.41, 5.74) is 1.35. The van der Waals surface area contributed by atoms with Crippen LogP contribution < -0.4 is 5.32 Å². The van der Waals surface area contributed by atoms with Gasteiger partial charge in [0.25, 0.3) is 5.69 Å². The normalized spacial score (nSPS) is 10.6. The molecule has 138 valence electrons. The molecule has 0 saturated heterocycles. The van der Waals surface area contributed by atoms with Crippen LogP contribution in [0.4, 0.5) is 15.8 Å². The lowest BCUT2D eigenvalue weighted by Crippen LogP contribution is -2.15. The summed E-state index contributed by atoms with van der Waals surface area (Å²) < 4.78 is 15.5. The molecule has 0 spiro atoms. The van der Waals surface area contributed by atoms with Gasteiger partial charge in [-0.25, -0.2) is 4.39 Å². The molecular formula is C17H14FN5O3S. The van der Waals surface area contributed by atoms with Crippen LogP contribution in [0.2, 0.25) is 0 Å². The van der Waals surface area contributed by atoms with Crippen molar-refractivity contribution in [2.24, 2.45) is 0 Å². The Labute approximate surface area is 157 Å². The monoisotopic (exact) mass is 387 g/mol. The van der Waals surface area contributed by atoms with Crippen LogP contribution in [0.25, 0.3) is 5.69 Å². The lowest BCUT2D eigenvalue weighted by molar-refractivity contribution is -0.384. The van der Waals surface area contributed by atoms with Gasteiger partial charge in [0.05, 0.1) is 22.1 Å². The average molecular weight is 387 g/mol. The van der Waals surface area contributed by atoms with Crippen LogP contribution in [0.5, 0.6) is 0 Å². The number of nitro benzene ring substituents is 1. The first-order chi connectivity index (χ1) is 13.0. The Morgan fingerprint density at radius 3 is 2.85 bits per heavy atom. The summed E-state index contributed by atoms with van der Waals surface area (Å²) in [6.07, 6.45) is 1.54. The SMILES string of the molecule is Cc1ccccc1-n1cnnc1SCC(=O)Nc1cc([N+](=O)[O-])ccc1F. The Morgan fingerprint density at radius 1 is 1.33 bits per heavy atom. The molecule has 3 rings (SSSR count). The topological polar surface area (TPSA) is 103 Å². The molecule has 1 aromatic heterocycles. The van der Waals surface area contributed by atoms with Crippen molar-refractivity contribution in [3.63, 3.8) is 0 Å². The number of halogens is 1. The quantitative estimate of drug-likeness (QED) is 0.395. The molecule has 0 atom stereocenters. The van der Waals surface area contributed by atoms with Crippen LogP contribution >= 0.6 is 11.8 Å². The number of aryl methyl sites for hydroxylation is 1. The molecule has 0 radical (unpaired) electrons. The van der Waals surface area contributed by atoms with Crippen molar-refractivity contribution in [3.8, 4) is 5.69 Å². The van der Waals surface area contributed by atoms with Gasteiger partial charge in [-0.2, -0.15) is 0 Å². The number of nitrogens with one attached hydrogen (secondary N) is 1. The van der Waals surface area contributed by atoms with Gasteiger partial charge >= 0.3 is 0 Å². The molecule has 3 aromatic rings. The van der Waals surface area contributed by atoms with E-state index in [1.807, 2.05) is 31.2 Å². The van der Waals surface area contributed by atoms with Crippen molar-refractivity contribution < 1.29 is 14.1 Å². The van der Waals surface area contributed by atoms with Crippen LogP contribution in [0.3, 0.4) is 0 Å². The molecule has 1 N–H and O–H groups in total. The number of rotatable bonds is 6. The second-order valence-corrected chi connectivity index (χ2v) is 6.47. The van der Waals surface area contributed by atoms with Crippen molar-refractivity contribution in [1.29, 1.82) is 0 Å². The third-order valence-electron chi connectivity index (χ3n) is 3.66. The van der Waals surface area contributed by atoms with Crippen molar-refractivity contribution in [1.82, 2.24) is 14.8 Å². The molecule has 0 fully saturated rings. The van der Waals surface area contributed by atoms with Crippen LogP contribution in [-0.2, 0) is 4.79 Å². The van der Waals surface area contributed by atoms with Gasteiger partial charge in [0.15, 0.2) is 5.16 Å². The standard InChI is InChI=1S/C17H14FN5O3S/c1-11-4-2-3-5-15(11)22-10-19-21-17(22)27-9-16(24)20-14-8-12(23(25)26)6-7-13(14)18/h2-8,10H,9H2,1H3,(H,20,24). The number of nitrogens with zero attached hydrogens (tertiary/aromatic N) is 4. The molecule has 0 bridgehead atoms. The van der Waals surface area contributed by atoms with E-state index in [2.05, 4.69) is 15.5 Å². The molecule has 27 heavy (non-hydrogen) atoms.